The minimum absolute atomic E-state index is 0.195. The third-order valence-electron chi connectivity index (χ3n) is 3.42. The molecule has 0 atom stereocenters. The minimum atomic E-state index is -0.195. The highest BCUT2D eigenvalue weighted by atomic mass is 32.1. The van der Waals surface area contributed by atoms with Crippen molar-refractivity contribution in [3.63, 3.8) is 0 Å². The predicted molar refractivity (Wildman–Crippen MR) is 95.8 cm³/mol. The first-order valence-electron chi connectivity index (χ1n) is 7.43. The molecule has 0 fully saturated rings. The van der Waals surface area contributed by atoms with Gasteiger partial charge in [0.05, 0.1) is 17.6 Å². The Bertz CT molecular complexity index is 865. The van der Waals surface area contributed by atoms with E-state index in [1.807, 2.05) is 57.1 Å². The number of carbonyl (C=O) groups is 1. The van der Waals surface area contributed by atoms with E-state index >= 15 is 0 Å². The lowest BCUT2D eigenvalue weighted by atomic mass is 10.3. The lowest BCUT2D eigenvalue weighted by molar-refractivity contribution is 0.103. The quantitative estimate of drug-likeness (QED) is 0.782. The number of anilines is 2. The highest BCUT2D eigenvalue weighted by Gasteiger charge is 2.18. The lowest BCUT2D eigenvalue weighted by Gasteiger charge is -2.11. The molecule has 0 aliphatic rings. The number of aryl methyl sites for hydroxylation is 2. The van der Waals surface area contributed by atoms with E-state index in [4.69, 9.17) is 4.42 Å². The number of aromatic nitrogens is 2. The molecule has 6 nitrogen and oxygen atoms in total. The van der Waals surface area contributed by atoms with Crippen LogP contribution in [0.25, 0.3) is 10.8 Å². The third-order valence-corrected chi connectivity index (χ3v) is 4.59. The zero-order valence-corrected chi connectivity index (χ0v) is 14.8. The molecule has 0 spiro atoms. The first kappa shape index (κ1) is 16.2. The van der Waals surface area contributed by atoms with Gasteiger partial charge in [0, 0.05) is 14.1 Å². The van der Waals surface area contributed by atoms with Crippen molar-refractivity contribution in [3.05, 3.63) is 46.8 Å². The van der Waals surface area contributed by atoms with E-state index in [1.165, 1.54) is 11.3 Å². The van der Waals surface area contributed by atoms with Gasteiger partial charge in [0.25, 0.3) is 5.91 Å². The fraction of sp³-hybridized carbons (Fsp3) is 0.235. The molecule has 24 heavy (non-hydrogen) atoms. The van der Waals surface area contributed by atoms with Crippen molar-refractivity contribution in [2.24, 2.45) is 0 Å². The summed E-state index contributed by atoms with van der Waals surface area (Å²) in [6, 6.07) is 7.42. The lowest BCUT2D eigenvalue weighted by Crippen LogP contribution is -2.13. The Hall–Kier alpha value is -2.67. The van der Waals surface area contributed by atoms with Crippen molar-refractivity contribution >= 4 is 28.7 Å². The second-order valence-corrected chi connectivity index (χ2v) is 6.60. The van der Waals surface area contributed by atoms with Crippen LogP contribution in [0, 0.1) is 13.8 Å². The summed E-state index contributed by atoms with van der Waals surface area (Å²) >= 11 is 1.32. The number of carbonyl (C=O) groups excluding carboxylic acids is 1. The molecule has 0 aliphatic heterocycles. The topological polar surface area (TPSA) is 71.3 Å². The molecule has 3 aromatic rings. The van der Waals surface area contributed by atoms with E-state index in [2.05, 4.69) is 15.3 Å². The molecule has 3 rings (SSSR count). The summed E-state index contributed by atoms with van der Waals surface area (Å²) < 4.78 is 5.57. The molecule has 0 aliphatic carbocycles. The zero-order valence-electron chi connectivity index (χ0n) is 14.0. The molecular weight excluding hydrogens is 324 g/mol. The molecule has 0 aromatic carbocycles. The number of nitrogens with zero attached hydrogens (tertiary/aromatic N) is 3. The van der Waals surface area contributed by atoms with E-state index in [1.54, 1.807) is 6.20 Å². The summed E-state index contributed by atoms with van der Waals surface area (Å²) in [5, 5.41) is 3.56. The Labute approximate surface area is 144 Å². The fourth-order valence-corrected chi connectivity index (χ4v) is 3.10. The molecule has 1 amide bonds. The van der Waals surface area contributed by atoms with Crippen molar-refractivity contribution in [1.29, 1.82) is 0 Å². The van der Waals surface area contributed by atoms with E-state index in [9.17, 15) is 4.79 Å². The number of thiazole rings is 1. The van der Waals surface area contributed by atoms with Crippen molar-refractivity contribution < 1.29 is 9.21 Å². The average Bonchev–Trinajstić information content (AvgIpc) is 3.13. The summed E-state index contributed by atoms with van der Waals surface area (Å²) in [4.78, 5) is 23.7. The average molecular weight is 342 g/mol. The smallest absolute Gasteiger partial charge is 0.267 e. The van der Waals surface area contributed by atoms with Gasteiger partial charge in [0.1, 0.15) is 16.5 Å². The number of hydrogen-bond donors (Lipinski definition) is 1. The number of amides is 1. The van der Waals surface area contributed by atoms with Crippen LogP contribution in [0.3, 0.4) is 0 Å². The summed E-state index contributed by atoms with van der Waals surface area (Å²) in [6.45, 7) is 3.69. The maximum absolute atomic E-state index is 12.5. The van der Waals surface area contributed by atoms with Crippen molar-refractivity contribution in [2.75, 3.05) is 24.3 Å². The Morgan fingerprint density at radius 3 is 2.58 bits per heavy atom. The van der Waals surface area contributed by atoms with Crippen LogP contribution in [0.15, 0.2) is 34.9 Å². The summed E-state index contributed by atoms with van der Waals surface area (Å²) in [7, 11) is 3.83. The first-order valence-corrected chi connectivity index (χ1v) is 8.24. The maximum atomic E-state index is 12.5. The van der Waals surface area contributed by atoms with Crippen LogP contribution in [0.1, 0.15) is 21.1 Å². The maximum Gasteiger partial charge on any atom is 0.267 e. The zero-order chi connectivity index (χ0) is 17.3. The fourth-order valence-electron chi connectivity index (χ4n) is 2.17. The number of rotatable bonds is 4. The summed E-state index contributed by atoms with van der Waals surface area (Å²) in [5.41, 5.74) is 1.33. The van der Waals surface area contributed by atoms with E-state index in [-0.39, 0.29) is 5.91 Å². The number of nitrogens with one attached hydrogen (secondary N) is 1. The van der Waals surface area contributed by atoms with Crippen LogP contribution in [0.5, 0.6) is 0 Å². The molecule has 0 radical (unpaired) electrons. The molecule has 3 heterocycles. The predicted octanol–water partition coefficient (Wildman–Crippen LogP) is 3.73. The first-order chi connectivity index (χ1) is 11.4. The molecule has 0 saturated carbocycles. The Morgan fingerprint density at radius 2 is 2.00 bits per heavy atom. The van der Waals surface area contributed by atoms with Crippen LogP contribution in [0.4, 0.5) is 11.5 Å². The van der Waals surface area contributed by atoms with Gasteiger partial charge in [-0.3, -0.25) is 4.79 Å². The van der Waals surface area contributed by atoms with Crippen LogP contribution < -0.4 is 10.2 Å². The number of hydrogen-bond acceptors (Lipinski definition) is 6. The molecule has 3 aromatic heterocycles. The van der Waals surface area contributed by atoms with Crippen LogP contribution >= 0.6 is 11.3 Å². The van der Waals surface area contributed by atoms with Crippen LogP contribution in [-0.2, 0) is 0 Å². The van der Waals surface area contributed by atoms with Gasteiger partial charge in [-0.05, 0) is 38.1 Å². The Kier molecular flexibility index (Phi) is 4.35. The SMILES string of the molecule is Cc1ccc(-c2nc(C)c(C(=O)Nc3ccc(N(C)C)nc3)s2)o1. The Morgan fingerprint density at radius 1 is 1.21 bits per heavy atom. The van der Waals surface area contributed by atoms with E-state index in [0.717, 1.165) is 11.6 Å². The number of pyridine rings is 1. The highest BCUT2D eigenvalue weighted by molar-refractivity contribution is 7.17. The molecule has 0 bridgehead atoms. The van der Waals surface area contributed by atoms with Crippen LogP contribution in [0.2, 0.25) is 0 Å². The van der Waals surface area contributed by atoms with Gasteiger partial charge in [0.2, 0.25) is 0 Å². The van der Waals surface area contributed by atoms with Gasteiger partial charge in [-0.1, -0.05) is 0 Å². The Balaban J connectivity index is 1.79. The molecule has 1 N–H and O–H groups in total. The second kappa shape index (κ2) is 6.45. The molecule has 7 heteroatoms. The highest BCUT2D eigenvalue weighted by Crippen LogP contribution is 2.29. The molecule has 0 saturated heterocycles. The monoisotopic (exact) mass is 342 g/mol. The van der Waals surface area contributed by atoms with Gasteiger partial charge >= 0.3 is 0 Å². The third kappa shape index (κ3) is 3.30. The molecule has 124 valence electrons. The largest absolute Gasteiger partial charge is 0.459 e. The number of furan rings is 1. The van der Waals surface area contributed by atoms with E-state index in [0.29, 0.717) is 27.0 Å². The van der Waals surface area contributed by atoms with Gasteiger partial charge in [-0.15, -0.1) is 11.3 Å². The van der Waals surface area contributed by atoms with Gasteiger partial charge in [0.15, 0.2) is 10.8 Å². The second-order valence-electron chi connectivity index (χ2n) is 5.60. The van der Waals surface area contributed by atoms with Gasteiger partial charge in [-0.25, -0.2) is 9.97 Å². The van der Waals surface area contributed by atoms with Crippen molar-refractivity contribution in [2.45, 2.75) is 13.8 Å². The minimum Gasteiger partial charge on any atom is -0.459 e. The van der Waals surface area contributed by atoms with Crippen molar-refractivity contribution in [3.8, 4) is 10.8 Å². The van der Waals surface area contributed by atoms with Gasteiger partial charge < -0.3 is 14.6 Å². The van der Waals surface area contributed by atoms with Gasteiger partial charge in [-0.2, -0.15) is 0 Å². The van der Waals surface area contributed by atoms with E-state index < -0.39 is 0 Å². The van der Waals surface area contributed by atoms with Crippen molar-refractivity contribution in [1.82, 2.24) is 9.97 Å². The molecular formula is C17H18N4O2S. The summed E-state index contributed by atoms with van der Waals surface area (Å²) in [6.07, 6.45) is 1.64. The standard InChI is InChI=1S/C17H18N4O2S/c1-10-5-7-13(23-10)17-19-11(2)15(24-17)16(22)20-12-6-8-14(18-9-12)21(3)4/h5-9H,1-4H3,(H,20,22). The molecule has 0 unspecified atom stereocenters. The van der Waals surface area contributed by atoms with Crippen LogP contribution in [-0.4, -0.2) is 30.0 Å². The normalized spacial score (nSPS) is 10.7. The summed E-state index contributed by atoms with van der Waals surface area (Å²) in [5.74, 6) is 2.13.